The zero-order valence-corrected chi connectivity index (χ0v) is 11.0. The Morgan fingerprint density at radius 1 is 1.56 bits per heavy atom. The molecule has 6 heteroatoms. The number of hydrogen-bond donors (Lipinski definition) is 2. The van der Waals surface area contributed by atoms with E-state index in [1.165, 1.54) is 12.3 Å². The maximum Gasteiger partial charge on any atom is 0.363 e. The van der Waals surface area contributed by atoms with Crippen LogP contribution in [0.25, 0.3) is 0 Å². The molecule has 0 aliphatic carbocycles. The maximum absolute atomic E-state index is 10.5. The SMILES string of the molecule is CC(C)CC(C)(CN)Nc1ccc([N+](=O)[O-])nc1. The molecule has 0 aliphatic rings. The molecular weight excluding hydrogens is 232 g/mol. The van der Waals surface area contributed by atoms with Crippen LogP contribution in [0.2, 0.25) is 0 Å². The summed E-state index contributed by atoms with van der Waals surface area (Å²) in [5.74, 6) is 0.357. The number of nitrogens with two attached hydrogens (primary N) is 1. The summed E-state index contributed by atoms with van der Waals surface area (Å²) in [5, 5.41) is 13.8. The standard InChI is InChI=1S/C12H20N4O2/c1-9(2)6-12(3,8-13)15-10-4-5-11(14-7-10)16(17)18/h4-5,7,9,15H,6,8,13H2,1-3H3. The summed E-state index contributed by atoms with van der Waals surface area (Å²) in [7, 11) is 0. The Balaban J connectivity index is 2.79. The highest BCUT2D eigenvalue weighted by molar-refractivity contribution is 5.45. The first-order chi connectivity index (χ1) is 8.36. The van der Waals surface area contributed by atoms with Crippen molar-refractivity contribution in [3.63, 3.8) is 0 Å². The number of hydrogen-bond acceptors (Lipinski definition) is 5. The molecule has 0 saturated heterocycles. The van der Waals surface area contributed by atoms with Crippen molar-refractivity contribution < 1.29 is 4.92 Å². The van der Waals surface area contributed by atoms with Gasteiger partial charge in [-0.05, 0) is 35.2 Å². The van der Waals surface area contributed by atoms with Crippen molar-refractivity contribution >= 4 is 11.5 Å². The van der Waals surface area contributed by atoms with Gasteiger partial charge in [0.2, 0.25) is 0 Å². The molecule has 1 aromatic rings. The minimum Gasteiger partial charge on any atom is -0.376 e. The van der Waals surface area contributed by atoms with E-state index < -0.39 is 4.92 Å². The normalized spacial score (nSPS) is 14.3. The van der Waals surface area contributed by atoms with E-state index in [2.05, 4.69) is 24.1 Å². The predicted molar refractivity (Wildman–Crippen MR) is 71.4 cm³/mol. The molecule has 0 aromatic carbocycles. The molecule has 0 spiro atoms. The van der Waals surface area contributed by atoms with Gasteiger partial charge in [0.15, 0.2) is 6.20 Å². The molecule has 6 nitrogen and oxygen atoms in total. The number of rotatable bonds is 6. The summed E-state index contributed by atoms with van der Waals surface area (Å²) in [6.45, 7) is 6.78. The second-order valence-corrected chi connectivity index (χ2v) is 5.15. The molecule has 0 amide bonds. The van der Waals surface area contributed by atoms with Crippen LogP contribution in [0.15, 0.2) is 18.3 Å². The van der Waals surface area contributed by atoms with Gasteiger partial charge < -0.3 is 21.2 Å². The van der Waals surface area contributed by atoms with Crippen LogP contribution < -0.4 is 11.1 Å². The number of nitro groups is 1. The average molecular weight is 252 g/mol. The topological polar surface area (TPSA) is 94.1 Å². The average Bonchev–Trinajstić information content (AvgIpc) is 2.28. The first kappa shape index (κ1) is 14.4. The summed E-state index contributed by atoms with van der Waals surface area (Å²) < 4.78 is 0. The number of nitrogens with one attached hydrogen (secondary N) is 1. The van der Waals surface area contributed by atoms with Crippen LogP contribution in [0.5, 0.6) is 0 Å². The Morgan fingerprint density at radius 2 is 2.22 bits per heavy atom. The monoisotopic (exact) mass is 252 g/mol. The number of anilines is 1. The van der Waals surface area contributed by atoms with Gasteiger partial charge in [-0.25, -0.2) is 0 Å². The van der Waals surface area contributed by atoms with Gasteiger partial charge in [-0.2, -0.15) is 0 Å². The third-order valence-corrected chi connectivity index (χ3v) is 2.69. The summed E-state index contributed by atoms with van der Waals surface area (Å²) in [6.07, 6.45) is 2.38. The second-order valence-electron chi connectivity index (χ2n) is 5.15. The number of nitrogens with zero attached hydrogens (tertiary/aromatic N) is 2. The molecule has 3 N–H and O–H groups in total. The first-order valence-electron chi connectivity index (χ1n) is 5.95. The zero-order valence-electron chi connectivity index (χ0n) is 11.0. The molecule has 0 fully saturated rings. The summed E-state index contributed by atoms with van der Waals surface area (Å²) in [6, 6.07) is 3.04. The quantitative estimate of drug-likeness (QED) is 0.597. The maximum atomic E-state index is 10.5. The molecule has 1 unspecified atom stereocenters. The molecule has 100 valence electrons. The van der Waals surface area contributed by atoms with Crippen LogP contribution in [0, 0.1) is 16.0 Å². The third kappa shape index (κ3) is 3.96. The van der Waals surface area contributed by atoms with Crippen LogP contribution in [0.4, 0.5) is 11.5 Å². The lowest BCUT2D eigenvalue weighted by Crippen LogP contribution is -2.43. The van der Waals surface area contributed by atoms with Crippen molar-refractivity contribution in [2.45, 2.75) is 32.7 Å². The lowest BCUT2D eigenvalue weighted by molar-refractivity contribution is -0.389. The Labute approximate surface area is 107 Å². The predicted octanol–water partition coefficient (Wildman–Crippen LogP) is 2.17. The Bertz CT molecular complexity index is 405. The second kappa shape index (κ2) is 5.77. The van der Waals surface area contributed by atoms with E-state index in [1.807, 2.05) is 6.92 Å². The molecule has 1 aromatic heterocycles. The molecule has 1 heterocycles. The fourth-order valence-corrected chi connectivity index (χ4v) is 2.00. The number of aromatic nitrogens is 1. The van der Waals surface area contributed by atoms with E-state index >= 15 is 0 Å². The van der Waals surface area contributed by atoms with Gasteiger partial charge in [-0.15, -0.1) is 0 Å². The molecular formula is C12H20N4O2. The highest BCUT2D eigenvalue weighted by Crippen LogP contribution is 2.22. The minimum atomic E-state index is -0.514. The molecule has 0 aliphatic heterocycles. The van der Waals surface area contributed by atoms with Crippen LogP contribution >= 0.6 is 0 Å². The third-order valence-electron chi connectivity index (χ3n) is 2.69. The summed E-state index contributed by atoms with van der Waals surface area (Å²) >= 11 is 0. The van der Waals surface area contributed by atoms with Gasteiger partial charge in [0.05, 0.1) is 5.69 Å². The van der Waals surface area contributed by atoms with Crippen molar-refractivity contribution in [1.29, 1.82) is 0 Å². The van der Waals surface area contributed by atoms with Gasteiger partial charge in [0.25, 0.3) is 0 Å². The molecule has 0 saturated carbocycles. The Morgan fingerprint density at radius 3 is 2.61 bits per heavy atom. The van der Waals surface area contributed by atoms with Gasteiger partial charge >= 0.3 is 5.82 Å². The van der Waals surface area contributed by atoms with E-state index in [0.29, 0.717) is 12.5 Å². The van der Waals surface area contributed by atoms with E-state index in [0.717, 1.165) is 12.1 Å². The van der Waals surface area contributed by atoms with Crippen molar-refractivity contribution in [3.05, 3.63) is 28.4 Å². The lowest BCUT2D eigenvalue weighted by atomic mass is 9.90. The molecule has 18 heavy (non-hydrogen) atoms. The highest BCUT2D eigenvalue weighted by atomic mass is 16.6. The first-order valence-corrected chi connectivity index (χ1v) is 5.95. The van der Waals surface area contributed by atoms with E-state index in [-0.39, 0.29) is 11.4 Å². The van der Waals surface area contributed by atoms with Gasteiger partial charge in [-0.1, -0.05) is 13.8 Å². The molecule has 1 atom stereocenters. The summed E-state index contributed by atoms with van der Waals surface area (Å²) in [4.78, 5) is 13.8. The Hall–Kier alpha value is -1.69. The van der Waals surface area contributed by atoms with E-state index in [1.54, 1.807) is 6.07 Å². The molecule has 0 bridgehead atoms. The smallest absolute Gasteiger partial charge is 0.363 e. The summed E-state index contributed by atoms with van der Waals surface area (Å²) in [5.41, 5.74) is 6.30. The van der Waals surface area contributed by atoms with Crippen LogP contribution in [-0.4, -0.2) is 22.0 Å². The Kier molecular flexibility index (Phi) is 4.61. The fraction of sp³-hybridized carbons (Fsp3) is 0.583. The molecule has 1 rings (SSSR count). The van der Waals surface area contributed by atoms with Crippen molar-refractivity contribution in [2.75, 3.05) is 11.9 Å². The van der Waals surface area contributed by atoms with Crippen LogP contribution in [0.3, 0.4) is 0 Å². The van der Waals surface area contributed by atoms with Gasteiger partial charge in [0, 0.05) is 18.2 Å². The van der Waals surface area contributed by atoms with E-state index in [4.69, 9.17) is 5.73 Å². The van der Waals surface area contributed by atoms with Crippen molar-refractivity contribution in [3.8, 4) is 0 Å². The largest absolute Gasteiger partial charge is 0.376 e. The minimum absolute atomic E-state index is 0.154. The number of pyridine rings is 1. The molecule has 0 radical (unpaired) electrons. The van der Waals surface area contributed by atoms with Gasteiger partial charge in [-0.3, -0.25) is 0 Å². The van der Waals surface area contributed by atoms with E-state index in [9.17, 15) is 10.1 Å². The highest BCUT2D eigenvalue weighted by Gasteiger charge is 2.24. The van der Waals surface area contributed by atoms with Crippen molar-refractivity contribution in [2.24, 2.45) is 11.7 Å². The van der Waals surface area contributed by atoms with Crippen LogP contribution in [0.1, 0.15) is 27.2 Å². The van der Waals surface area contributed by atoms with Gasteiger partial charge in [0.1, 0.15) is 0 Å². The van der Waals surface area contributed by atoms with Crippen LogP contribution in [-0.2, 0) is 0 Å². The zero-order chi connectivity index (χ0) is 13.8. The fourth-order valence-electron chi connectivity index (χ4n) is 2.00. The lowest BCUT2D eigenvalue weighted by Gasteiger charge is -2.31. The van der Waals surface area contributed by atoms with Crippen molar-refractivity contribution in [1.82, 2.24) is 4.98 Å².